The predicted octanol–water partition coefficient (Wildman–Crippen LogP) is 6.10. The number of alkyl halides is 1. The minimum atomic E-state index is 0.476. The molecule has 1 aliphatic heterocycles. The highest BCUT2D eigenvalue weighted by Gasteiger charge is 2.49. The van der Waals surface area contributed by atoms with Crippen molar-refractivity contribution < 1.29 is 4.74 Å². The lowest BCUT2D eigenvalue weighted by molar-refractivity contribution is 0.0365. The average Bonchev–Trinajstić information content (AvgIpc) is 3.23. The second-order valence-corrected chi connectivity index (χ2v) is 7.66. The van der Waals surface area contributed by atoms with E-state index >= 15 is 0 Å². The number of rotatable bonds is 11. The molecule has 2 heteroatoms. The van der Waals surface area contributed by atoms with E-state index in [1.807, 2.05) is 0 Å². The Kier molecular flexibility index (Phi) is 7.38. The van der Waals surface area contributed by atoms with E-state index in [1.165, 1.54) is 77.0 Å². The monoisotopic (exact) mass is 344 g/mol. The van der Waals surface area contributed by atoms with E-state index in [0.29, 0.717) is 11.5 Å². The highest BCUT2D eigenvalue weighted by Crippen LogP contribution is 2.51. The van der Waals surface area contributed by atoms with Crippen LogP contribution in [0.1, 0.15) is 84.0 Å². The van der Waals surface area contributed by atoms with Crippen molar-refractivity contribution in [1.29, 1.82) is 0 Å². The number of halogens is 1. The van der Waals surface area contributed by atoms with Crippen LogP contribution in [-0.2, 0) is 4.74 Å². The van der Waals surface area contributed by atoms with Gasteiger partial charge in [0, 0.05) is 17.4 Å². The van der Waals surface area contributed by atoms with Gasteiger partial charge < -0.3 is 4.74 Å². The first-order valence-electron chi connectivity index (χ1n) is 9.00. The molecule has 0 amide bonds. The third-order valence-electron chi connectivity index (χ3n) is 5.35. The molecule has 0 radical (unpaired) electrons. The normalized spacial score (nSPS) is 30.0. The van der Waals surface area contributed by atoms with Gasteiger partial charge >= 0.3 is 0 Å². The summed E-state index contributed by atoms with van der Waals surface area (Å²) >= 11 is 3.80. The van der Waals surface area contributed by atoms with Gasteiger partial charge in [0.05, 0.1) is 6.10 Å². The van der Waals surface area contributed by atoms with Crippen molar-refractivity contribution in [2.24, 2.45) is 11.3 Å². The van der Waals surface area contributed by atoms with Crippen molar-refractivity contribution in [2.75, 3.05) is 11.9 Å². The third-order valence-corrected chi connectivity index (χ3v) is 6.46. The highest BCUT2D eigenvalue weighted by molar-refractivity contribution is 9.09. The van der Waals surface area contributed by atoms with Crippen LogP contribution >= 0.6 is 15.9 Å². The maximum Gasteiger partial charge on any atom is 0.0668 e. The van der Waals surface area contributed by atoms with E-state index in [2.05, 4.69) is 22.9 Å². The molecular weight excluding hydrogens is 312 g/mol. The molecule has 2 unspecified atom stereocenters. The molecule has 1 aliphatic carbocycles. The van der Waals surface area contributed by atoms with Gasteiger partial charge in [-0.2, -0.15) is 0 Å². The van der Waals surface area contributed by atoms with Crippen LogP contribution in [0, 0.1) is 11.3 Å². The van der Waals surface area contributed by atoms with E-state index in [1.54, 1.807) is 0 Å². The predicted molar refractivity (Wildman–Crippen MR) is 90.5 cm³/mol. The maximum absolute atomic E-state index is 6.08. The molecule has 2 aliphatic rings. The standard InChI is InChI=1S/C18H33BrO/c1-2-3-4-5-6-7-8-9-12-18(15-19)13-14-20-17(18)16-10-11-16/h16-17H,2-15H2,1H3. The zero-order valence-electron chi connectivity index (χ0n) is 13.3. The molecule has 2 rings (SSSR count). The van der Waals surface area contributed by atoms with Gasteiger partial charge in [0.25, 0.3) is 0 Å². The van der Waals surface area contributed by atoms with Gasteiger partial charge in [0.2, 0.25) is 0 Å². The molecule has 1 saturated carbocycles. The zero-order valence-corrected chi connectivity index (χ0v) is 14.9. The molecule has 1 nitrogen and oxygen atoms in total. The lowest BCUT2D eigenvalue weighted by Gasteiger charge is -2.32. The molecule has 20 heavy (non-hydrogen) atoms. The first kappa shape index (κ1) is 16.8. The van der Waals surface area contributed by atoms with Crippen molar-refractivity contribution in [2.45, 2.75) is 90.1 Å². The SMILES string of the molecule is CCCCCCCCCCC1(CBr)CCOC1C1CC1. The van der Waals surface area contributed by atoms with Crippen LogP contribution in [0.15, 0.2) is 0 Å². The maximum atomic E-state index is 6.08. The summed E-state index contributed by atoms with van der Waals surface area (Å²) in [6, 6.07) is 0. The molecule has 0 bridgehead atoms. The van der Waals surface area contributed by atoms with Gasteiger partial charge in [0.1, 0.15) is 0 Å². The molecule has 2 fully saturated rings. The number of hydrogen-bond acceptors (Lipinski definition) is 1. The summed E-state index contributed by atoms with van der Waals surface area (Å²) in [6.07, 6.45) is 17.5. The number of hydrogen-bond donors (Lipinski definition) is 0. The minimum Gasteiger partial charge on any atom is -0.377 e. The van der Waals surface area contributed by atoms with E-state index in [0.717, 1.165) is 17.9 Å². The van der Waals surface area contributed by atoms with Crippen molar-refractivity contribution in [3.8, 4) is 0 Å². The number of unbranched alkanes of at least 4 members (excludes halogenated alkanes) is 7. The lowest BCUT2D eigenvalue weighted by Crippen LogP contribution is -2.34. The highest BCUT2D eigenvalue weighted by atomic mass is 79.9. The Hall–Kier alpha value is 0.440. The fourth-order valence-electron chi connectivity index (χ4n) is 3.83. The van der Waals surface area contributed by atoms with Gasteiger partial charge in [-0.25, -0.2) is 0 Å². The first-order valence-corrected chi connectivity index (χ1v) is 10.1. The minimum absolute atomic E-state index is 0.476. The molecule has 0 aromatic heterocycles. The average molecular weight is 345 g/mol. The Balaban J connectivity index is 1.59. The van der Waals surface area contributed by atoms with Crippen LogP contribution in [0.4, 0.5) is 0 Å². The molecule has 1 heterocycles. The van der Waals surface area contributed by atoms with Gasteiger partial charge in [-0.1, -0.05) is 74.2 Å². The van der Waals surface area contributed by atoms with Crippen molar-refractivity contribution in [3.63, 3.8) is 0 Å². The summed E-state index contributed by atoms with van der Waals surface area (Å²) in [5.74, 6) is 0.893. The van der Waals surface area contributed by atoms with E-state index in [9.17, 15) is 0 Å². The van der Waals surface area contributed by atoms with Crippen LogP contribution < -0.4 is 0 Å². The largest absolute Gasteiger partial charge is 0.377 e. The third kappa shape index (κ3) is 4.73. The molecule has 2 atom stereocenters. The van der Waals surface area contributed by atoms with Crippen LogP contribution in [0.2, 0.25) is 0 Å². The summed E-state index contributed by atoms with van der Waals surface area (Å²) in [5, 5.41) is 1.15. The number of ether oxygens (including phenoxy) is 1. The molecule has 0 spiro atoms. The fourth-order valence-corrected chi connectivity index (χ4v) is 4.71. The van der Waals surface area contributed by atoms with Crippen LogP contribution in [0.5, 0.6) is 0 Å². The summed E-state index contributed by atoms with van der Waals surface area (Å²) < 4.78 is 6.08. The van der Waals surface area contributed by atoms with E-state index in [-0.39, 0.29) is 0 Å². The Bertz CT molecular complexity index is 264. The Labute approximate surface area is 134 Å². The Morgan fingerprint density at radius 1 is 1.00 bits per heavy atom. The van der Waals surface area contributed by atoms with Gasteiger partial charge in [-0.15, -0.1) is 0 Å². The molecule has 0 aromatic rings. The van der Waals surface area contributed by atoms with Crippen LogP contribution in [0.25, 0.3) is 0 Å². The van der Waals surface area contributed by atoms with E-state index in [4.69, 9.17) is 4.74 Å². The molecule has 1 saturated heterocycles. The summed E-state index contributed by atoms with van der Waals surface area (Å²) in [6.45, 7) is 3.30. The first-order chi connectivity index (χ1) is 9.82. The quantitative estimate of drug-likeness (QED) is 0.325. The lowest BCUT2D eigenvalue weighted by atomic mass is 9.76. The van der Waals surface area contributed by atoms with Crippen molar-refractivity contribution in [1.82, 2.24) is 0 Å². The van der Waals surface area contributed by atoms with Gasteiger partial charge in [-0.3, -0.25) is 0 Å². The second kappa shape index (κ2) is 8.78. The molecular formula is C18H33BrO. The van der Waals surface area contributed by atoms with E-state index < -0.39 is 0 Å². The van der Waals surface area contributed by atoms with Gasteiger partial charge in [-0.05, 0) is 31.6 Å². The molecule has 118 valence electrons. The fraction of sp³-hybridized carbons (Fsp3) is 1.00. The second-order valence-electron chi connectivity index (χ2n) is 7.10. The summed E-state index contributed by atoms with van der Waals surface area (Å²) in [4.78, 5) is 0. The Morgan fingerprint density at radius 3 is 2.25 bits per heavy atom. The summed E-state index contributed by atoms with van der Waals surface area (Å²) in [7, 11) is 0. The van der Waals surface area contributed by atoms with Crippen molar-refractivity contribution >= 4 is 15.9 Å². The topological polar surface area (TPSA) is 9.23 Å². The molecule has 0 aromatic carbocycles. The van der Waals surface area contributed by atoms with Crippen LogP contribution in [0.3, 0.4) is 0 Å². The van der Waals surface area contributed by atoms with Crippen LogP contribution in [-0.4, -0.2) is 18.0 Å². The summed E-state index contributed by atoms with van der Waals surface area (Å²) in [5.41, 5.74) is 0.476. The van der Waals surface area contributed by atoms with Crippen molar-refractivity contribution in [3.05, 3.63) is 0 Å². The zero-order chi connectivity index (χ0) is 14.3. The Morgan fingerprint density at radius 2 is 1.65 bits per heavy atom. The molecule has 0 N–H and O–H groups in total. The van der Waals surface area contributed by atoms with Gasteiger partial charge in [0.15, 0.2) is 0 Å². The smallest absolute Gasteiger partial charge is 0.0668 e.